The van der Waals surface area contributed by atoms with Gasteiger partial charge in [0.1, 0.15) is 12.4 Å². The number of fused-ring (bicyclic) bond motifs is 1. The molecule has 1 heterocycles. The number of benzene rings is 2. The number of hydrogen-bond acceptors (Lipinski definition) is 2. The van der Waals surface area contributed by atoms with Gasteiger partial charge in [-0.2, -0.15) is 0 Å². The molecule has 0 aliphatic rings. The third kappa shape index (κ3) is 2.82. The lowest BCUT2D eigenvalue weighted by atomic mass is 10.1. The van der Waals surface area contributed by atoms with Gasteiger partial charge in [0.05, 0.1) is 10.0 Å². The van der Waals surface area contributed by atoms with Crippen LogP contribution in [0.3, 0.4) is 0 Å². The van der Waals surface area contributed by atoms with Crippen molar-refractivity contribution < 1.29 is 4.74 Å². The van der Waals surface area contributed by atoms with Crippen LogP contribution in [-0.2, 0) is 6.61 Å². The molecule has 0 atom stereocenters. The van der Waals surface area contributed by atoms with Crippen LogP contribution in [0, 0.1) is 0 Å². The van der Waals surface area contributed by atoms with E-state index in [1.54, 1.807) is 17.4 Å². The first-order valence-corrected chi connectivity index (χ1v) is 8.30. The van der Waals surface area contributed by atoms with Crippen molar-refractivity contribution in [3.63, 3.8) is 0 Å². The Morgan fingerprint density at radius 2 is 1.95 bits per heavy atom. The number of hydrogen-bond donors (Lipinski definition) is 0. The number of halogens is 3. The van der Waals surface area contributed by atoms with Crippen molar-refractivity contribution in [1.29, 1.82) is 0 Å². The molecule has 0 aliphatic carbocycles. The molecule has 3 rings (SSSR count). The zero-order chi connectivity index (χ0) is 14.1. The third-order valence-corrected chi connectivity index (χ3v) is 5.39. The maximum atomic E-state index is 6.23. The first-order chi connectivity index (χ1) is 9.65. The van der Waals surface area contributed by atoms with E-state index >= 15 is 0 Å². The highest BCUT2D eigenvalue weighted by atomic mass is 79.9. The molecule has 20 heavy (non-hydrogen) atoms. The van der Waals surface area contributed by atoms with Gasteiger partial charge in [0, 0.05) is 25.5 Å². The minimum absolute atomic E-state index is 0.537. The van der Waals surface area contributed by atoms with Crippen molar-refractivity contribution >= 4 is 61.2 Å². The fraction of sp³-hybridized carbons (Fsp3) is 0.0667. The van der Waals surface area contributed by atoms with Crippen LogP contribution >= 0.6 is 50.5 Å². The Morgan fingerprint density at radius 1 is 1.10 bits per heavy atom. The highest BCUT2D eigenvalue weighted by Gasteiger charge is 2.08. The molecule has 0 N–H and O–H groups in total. The van der Waals surface area contributed by atoms with Crippen LogP contribution in [0.5, 0.6) is 5.75 Å². The van der Waals surface area contributed by atoms with Gasteiger partial charge in [-0.05, 0) is 40.2 Å². The second kappa shape index (κ2) is 5.94. The van der Waals surface area contributed by atoms with E-state index in [0.29, 0.717) is 16.7 Å². The summed E-state index contributed by atoms with van der Waals surface area (Å²) in [7, 11) is 0. The molecule has 5 heteroatoms. The molecule has 1 aromatic heterocycles. The summed E-state index contributed by atoms with van der Waals surface area (Å²) >= 11 is 17.4. The standard InChI is InChI=1S/C15H9BrCl2OS/c16-9-6-10(20-8-9)7-19-14-3-1-2-12-11(14)4-5-13(17)15(12)18/h1-6,8H,7H2. The molecule has 0 saturated heterocycles. The fourth-order valence-electron chi connectivity index (χ4n) is 1.97. The summed E-state index contributed by atoms with van der Waals surface area (Å²) in [5.74, 6) is 0.811. The molecule has 0 aliphatic heterocycles. The van der Waals surface area contributed by atoms with E-state index in [2.05, 4.69) is 22.0 Å². The summed E-state index contributed by atoms with van der Waals surface area (Å²) in [6.07, 6.45) is 0. The maximum absolute atomic E-state index is 6.23. The van der Waals surface area contributed by atoms with Gasteiger partial charge in [0.2, 0.25) is 0 Å². The van der Waals surface area contributed by atoms with Crippen molar-refractivity contribution in [3.8, 4) is 5.75 Å². The Bertz CT molecular complexity index is 770. The molecule has 0 unspecified atom stereocenters. The second-order valence-corrected chi connectivity index (χ2v) is 6.93. The van der Waals surface area contributed by atoms with Crippen LogP contribution < -0.4 is 4.74 Å². The summed E-state index contributed by atoms with van der Waals surface area (Å²) in [6, 6.07) is 11.6. The normalized spacial score (nSPS) is 10.9. The lowest BCUT2D eigenvalue weighted by molar-refractivity contribution is 0.313. The van der Waals surface area contributed by atoms with Crippen LogP contribution in [0.25, 0.3) is 10.8 Å². The molecule has 0 saturated carbocycles. The Balaban J connectivity index is 1.93. The van der Waals surface area contributed by atoms with Gasteiger partial charge in [-0.3, -0.25) is 0 Å². The van der Waals surface area contributed by atoms with E-state index in [0.717, 1.165) is 25.9 Å². The van der Waals surface area contributed by atoms with Crippen LogP contribution in [0.4, 0.5) is 0 Å². The first kappa shape index (κ1) is 14.2. The van der Waals surface area contributed by atoms with Crippen LogP contribution in [-0.4, -0.2) is 0 Å². The van der Waals surface area contributed by atoms with Crippen molar-refractivity contribution in [2.24, 2.45) is 0 Å². The molecule has 1 nitrogen and oxygen atoms in total. The predicted molar refractivity (Wildman–Crippen MR) is 90.3 cm³/mol. The quantitative estimate of drug-likeness (QED) is 0.495. The van der Waals surface area contributed by atoms with Gasteiger partial charge >= 0.3 is 0 Å². The first-order valence-electron chi connectivity index (χ1n) is 5.87. The molecule has 0 fully saturated rings. The number of rotatable bonds is 3. The number of thiophene rings is 1. The maximum Gasteiger partial charge on any atom is 0.127 e. The summed E-state index contributed by atoms with van der Waals surface area (Å²) < 4.78 is 6.98. The Hall–Kier alpha value is -0.740. The second-order valence-electron chi connectivity index (χ2n) is 4.23. The Labute approximate surface area is 139 Å². The van der Waals surface area contributed by atoms with E-state index in [9.17, 15) is 0 Å². The Morgan fingerprint density at radius 3 is 2.70 bits per heavy atom. The molecular formula is C15H9BrCl2OS. The molecule has 0 spiro atoms. The van der Waals surface area contributed by atoms with Crippen molar-refractivity contribution in [3.05, 3.63) is 61.2 Å². The summed E-state index contributed by atoms with van der Waals surface area (Å²) in [5.41, 5.74) is 0. The molecule has 2 aromatic carbocycles. The molecule has 3 aromatic rings. The third-order valence-electron chi connectivity index (χ3n) is 2.90. The zero-order valence-electron chi connectivity index (χ0n) is 10.2. The molecule has 0 radical (unpaired) electrons. The summed E-state index contributed by atoms with van der Waals surface area (Å²) in [6.45, 7) is 0.537. The highest BCUT2D eigenvalue weighted by Crippen LogP contribution is 2.35. The minimum Gasteiger partial charge on any atom is -0.487 e. The largest absolute Gasteiger partial charge is 0.487 e. The molecule has 0 amide bonds. The lowest BCUT2D eigenvalue weighted by Gasteiger charge is -2.10. The summed E-state index contributed by atoms with van der Waals surface area (Å²) in [4.78, 5) is 1.16. The van der Waals surface area contributed by atoms with Gasteiger partial charge in [-0.25, -0.2) is 0 Å². The predicted octanol–water partition coefficient (Wildman–Crippen LogP) is 6.55. The van der Waals surface area contributed by atoms with E-state index in [1.807, 2.05) is 29.6 Å². The van der Waals surface area contributed by atoms with Gasteiger partial charge in [0.25, 0.3) is 0 Å². The monoisotopic (exact) mass is 386 g/mol. The van der Waals surface area contributed by atoms with Gasteiger partial charge in [-0.15, -0.1) is 11.3 Å². The molecule has 102 valence electrons. The Kier molecular flexibility index (Phi) is 4.22. The topological polar surface area (TPSA) is 9.23 Å². The van der Waals surface area contributed by atoms with Crippen LogP contribution in [0.2, 0.25) is 10.0 Å². The van der Waals surface area contributed by atoms with Crippen molar-refractivity contribution in [2.75, 3.05) is 0 Å². The number of ether oxygens (including phenoxy) is 1. The van der Waals surface area contributed by atoms with Crippen LogP contribution in [0.1, 0.15) is 4.88 Å². The van der Waals surface area contributed by atoms with Gasteiger partial charge in [-0.1, -0.05) is 35.3 Å². The molecular weight excluding hydrogens is 379 g/mol. The minimum atomic E-state index is 0.537. The summed E-state index contributed by atoms with van der Waals surface area (Å²) in [5, 5.41) is 5.03. The van der Waals surface area contributed by atoms with Crippen molar-refractivity contribution in [1.82, 2.24) is 0 Å². The average Bonchev–Trinajstić information content (AvgIpc) is 2.86. The van der Waals surface area contributed by atoms with Crippen LogP contribution in [0.15, 0.2) is 46.3 Å². The van der Waals surface area contributed by atoms with Gasteiger partial charge in [0.15, 0.2) is 0 Å². The van der Waals surface area contributed by atoms with Crippen molar-refractivity contribution in [2.45, 2.75) is 6.61 Å². The lowest BCUT2D eigenvalue weighted by Crippen LogP contribution is -1.93. The van der Waals surface area contributed by atoms with E-state index in [-0.39, 0.29) is 0 Å². The zero-order valence-corrected chi connectivity index (χ0v) is 14.1. The SMILES string of the molecule is Clc1ccc2c(OCc3cc(Br)cs3)cccc2c1Cl. The van der Waals surface area contributed by atoms with E-state index < -0.39 is 0 Å². The average molecular weight is 388 g/mol. The highest BCUT2D eigenvalue weighted by molar-refractivity contribution is 9.10. The van der Waals surface area contributed by atoms with E-state index in [4.69, 9.17) is 27.9 Å². The van der Waals surface area contributed by atoms with Gasteiger partial charge < -0.3 is 4.74 Å². The fourth-order valence-corrected chi connectivity index (χ4v) is 3.72. The molecule has 0 bridgehead atoms. The smallest absolute Gasteiger partial charge is 0.127 e. The van der Waals surface area contributed by atoms with E-state index in [1.165, 1.54) is 0 Å².